The molecule has 20 heavy (non-hydrogen) atoms. The molecule has 104 valence electrons. The first-order chi connectivity index (χ1) is 9.65. The van der Waals surface area contributed by atoms with Crippen molar-refractivity contribution in [3.63, 3.8) is 0 Å². The van der Waals surface area contributed by atoms with Gasteiger partial charge in [-0.3, -0.25) is 0 Å². The summed E-state index contributed by atoms with van der Waals surface area (Å²) < 4.78 is 2.09. The van der Waals surface area contributed by atoms with E-state index in [-0.39, 0.29) is 0 Å². The van der Waals surface area contributed by atoms with Gasteiger partial charge in [0.05, 0.1) is 11.7 Å². The van der Waals surface area contributed by atoms with Crippen LogP contribution in [-0.2, 0) is 6.54 Å². The molecule has 0 N–H and O–H groups in total. The number of aryl methyl sites for hydroxylation is 2. The summed E-state index contributed by atoms with van der Waals surface area (Å²) in [5.74, 6) is 0. The van der Waals surface area contributed by atoms with Crippen molar-refractivity contribution < 1.29 is 4.57 Å². The van der Waals surface area contributed by atoms with Crippen LogP contribution in [0.15, 0.2) is 40.0 Å². The highest BCUT2D eigenvalue weighted by Crippen LogP contribution is 2.26. The number of azo groups is 1. The highest BCUT2D eigenvalue weighted by molar-refractivity contribution is 7.12. The minimum absolute atomic E-state index is 0.914. The Balaban J connectivity index is 2.22. The lowest BCUT2D eigenvalue weighted by molar-refractivity contribution is -0.676. The average molecular weight is 287 g/mol. The Kier molecular flexibility index (Phi) is 4.90. The molecule has 0 aliphatic rings. The van der Waals surface area contributed by atoms with E-state index in [1.165, 1.54) is 5.69 Å². The first-order valence-corrected chi connectivity index (χ1v) is 7.74. The summed E-state index contributed by atoms with van der Waals surface area (Å²) in [5, 5.41) is 11.7. The third kappa shape index (κ3) is 3.25. The SMILES string of the molecule is BN(CC)c1ccc(/N=N/c2scc[n+]2CC)c(C)c1. The lowest BCUT2D eigenvalue weighted by Crippen LogP contribution is -2.28. The van der Waals surface area contributed by atoms with Gasteiger partial charge >= 0.3 is 5.13 Å². The summed E-state index contributed by atoms with van der Waals surface area (Å²) in [6, 6.07) is 6.28. The minimum Gasteiger partial charge on any atom is -0.422 e. The summed E-state index contributed by atoms with van der Waals surface area (Å²) in [6.45, 7) is 8.22. The molecule has 0 aliphatic carbocycles. The van der Waals surface area contributed by atoms with E-state index in [0.717, 1.165) is 29.5 Å². The van der Waals surface area contributed by atoms with Crippen LogP contribution in [0.2, 0.25) is 0 Å². The maximum absolute atomic E-state index is 4.38. The van der Waals surface area contributed by atoms with E-state index in [1.807, 2.05) is 17.6 Å². The molecule has 1 aromatic carbocycles. The third-order valence-corrected chi connectivity index (χ3v) is 4.12. The summed E-state index contributed by atoms with van der Waals surface area (Å²) >= 11 is 1.61. The van der Waals surface area contributed by atoms with Gasteiger partial charge in [-0.05, 0) is 61.0 Å². The Bertz CT molecular complexity index is 609. The molecule has 2 aromatic rings. The number of benzene rings is 1. The smallest absolute Gasteiger partial charge is 0.408 e. The molecule has 0 amide bonds. The van der Waals surface area contributed by atoms with Gasteiger partial charge in [-0.1, -0.05) is 0 Å². The minimum atomic E-state index is 0.914. The number of aromatic nitrogens is 1. The molecule has 0 atom stereocenters. The van der Waals surface area contributed by atoms with E-state index in [9.17, 15) is 0 Å². The van der Waals surface area contributed by atoms with E-state index < -0.39 is 0 Å². The molecule has 0 aliphatic heterocycles. The van der Waals surface area contributed by atoms with Crippen molar-refractivity contribution in [3.05, 3.63) is 35.3 Å². The summed E-state index contributed by atoms with van der Waals surface area (Å²) in [6.07, 6.45) is 2.03. The maximum atomic E-state index is 4.38. The van der Waals surface area contributed by atoms with Crippen LogP contribution in [0.4, 0.5) is 16.5 Å². The van der Waals surface area contributed by atoms with Crippen LogP contribution in [-0.4, -0.2) is 14.5 Å². The van der Waals surface area contributed by atoms with Crippen LogP contribution in [0, 0.1) is 6.92 Å². The van der Waals surface area contributed by atoms with Crippen LogP contribution < -0.4 is 9.38 Å². The zero-order chi connectivity index (χ0) is 14.5. The van der Waals surface area contributed by atoms with Gasteiger partial charge in [-0.15, -0.1) is 0 Å². The summed E-state index contributed by atoms with van der Waals surface area (Å²) in [7, 11) is 2.09. The quantitative estimate of drug-likeness (QED) is 0.472. The van der Waals surface area contributed by atoms with Gasteiger partial charge < -0.3 is 4.81 Å². The molecule has 0 saturated heterocycles. The van der Waals surface area contributed by atoms with E-state index in [1.54, 1.807) is 11.3 Å². The van der Waals surface area contributed by atoms with Gasteiger partial charge in [-0.25, -0.2) is 4.57 Å². The predicted molar refractivity (Wildman–Crippen MR) is 87.1 cm³/mol. The third-order valence-electron chi connectivity index (χ3n) is 3.34. The molecule has 0 unspecified atom stereocenters. The Hall–Kier alpha value is -1.69. The van der Waals surface area contributed by atoms with Gasteiger partial charge in [0.25, 0.3) is 0 Å². The maximum Gasteiger partial charge on any atom is 0.408 e. The number of hydrogen-bond acceptors (Lipinski definition) is 4. The van der Waals surface area contributed by atoms with Crippen molar-refractivity contribution in [1.82, 2.24) is 0 Å². The van der Waals surface area contributed by atoms with Gasteiger partial charge in [0, 0.05) is 17.6 Å². The first kappa shape index (κ1) is 14.7. The number of hydrogen-bond donors (Lipinski definition) is 0. The normalized spacial score (nSPS) is 11.2. The number of nitrogens with zero attached hydrogens (tertiary/aromatic N) is 4. The van der Waals surface area contributed by atoms with Gasteiger partial charge in [0.15, 0.2) is 0 Å². The molecule has 0 fully saturated rings. The molecule has 1 aromatic heterocycles. The molecule has 0 radical (unpaired) electrons. The summed E-state index contributed by atoms with van der Waals surface area (Å²) in [5.41, 5.74) is 3.28. The molecular formula is C14H20BN4S+. The predicted octanol–water partition coefficient (Wildman–Crippen LogP) is 3.15. The van der Waals surface area contributed by atoms with E-state index in [0.29, 0.717) is 0 Å². The lowest BCUT2D eigenvalue weighted by Gasteiger charge is -2.17. The second-order valence-corrected chi connectivity index (χ2v) is 5.53. The van der Waals surface area contributed by atoms with Crippen LogP contribution in [0.1, 0.15) is 19.4 Å². The monoisotopic (exact) mass is 287 g/mol. The summed E-state index contributed by atoms with van der Waals surface area (Å²) in [4.78, 5) is 2.21. The second kappa shape index (κ2) is 6.66. The fraction of sp³-hybridized carbons (Fsp3) is 0.357. The number of thiazole rings is 1. The number of anilines is 1. The molecule has 4 nitrogen and oxygen atoms in total. The fourth-order valence-electron chi connectivity index (χ4n) is 1.89. The largest absolute Gasteiger partial charge is 0.422 e. The Morgan fingerprint density at radius 2 is 2.10 bits per heavy atom. The van der Waals surface area contributed by atoms with Crippen LogP contribution in [0.5, 0.6) is 0 Å². The molecule has 0 bridgehead atoms. The van der Waals surface area contributed by atoms with Crippen LogP contribution >= 0.6 is 11.3 Å². The molecular weight excluding hydrogens is 267 g/mol. The molecule has 0 spiro atoms. The number of rotatable bonds is 5. The van der Waals surface area contributed by atoms with Crippen molar-refractivity contribution in [3.8, 4) is 0 Å². The van der Waals surface area contributed by atoms with Crippen molar-refractivity contribution >= 4 is 35.8 Å². The van der Waals surface area contributed by atoms with Gasteiger partial charge in [0.2, 0.25) is 7.98 Å². The second-order valence-electron chi connectivity index (χ2n) is 4.66. The van der Waals surface area contributed by atoms with E-state index in [4.69, 9.17) is 0 Å². The Morgan fingerprint density at radius 1 is 1.30 bits per heavy atom. The van der Waals surface area contributed by atoms with Crippen molar-refractivity contribution in [2.45, 2.75) is 27.3 Å². The van der Waals surface area contributed by atoms with Crippen LogP contribution in [0.3, 0.4) is 0 Å². The average Bonchev–Trinajstić information content (AvgIpc) is 2.92. The fourth-order valence-corrected chi connectivity index (χ4v) is 2.63. The van der Waals surface area contributed by atoms with Crippen molar-refractivity contribution in [1.29, 1.82) is 0 Å². The van der Waals surface area contributed by atoms with Gasteiger partial charge in [-0.2, -0.15) is 0 Å². The first-order valence-electron chi connectivity index (χ1n) is 6.86. The van der Waals surface area contributed by atoms with Crippen LogP contribution in [0.25, 0.3) is 0 Å². The van der Waals surface area contributed by atoms with Crippen molar-refractivity contribution in [2.75, 3.05) is 11.4 Å². The highest BCUT2D eigenvalue weighted by atomic mass is 32.1. The topological polar surface area (TPSA) is 31.8 Å². The lowest BCUT2D eigenvalue weighted by atomic mass is 10.1. The molecule has 0 saturated carbocycles. The molecule has 1 heterocycles. The standard InChI is InChI=1S/C14H20BN4S/c1-4-18-8-9-20-14(18)17-16-13-7-6-12(10-11(13)3)19(15)5-2/h6-10H,4-5,15H2,1-3H3/q+1. The molecule has 6 heteroatoms. The van der Waals surface area contributed by atoms with Gasteiger partial charge in [0.1, 0.15) is 11.9 Å². The zero-order valence-corrected chi connectivity index (χ0v) is 13.3. The highest BCUT2D eigenvalue weighted by Gasteiger charge is 2.10. The Morgan fingerprint density at radius 3 is 2.75 bits per heavy atom. The molecule has 2 rings (SSSR count). The van der Waals surface area contributed by atoms with Crippen molar-refractivity contribution in [2.24, 2.45) is 10.2 Å². The Labute approximate surface area is 125 Å². The van der Waals surface area contributed by atoms with E-state index in [2.05, 4.69) is 60.5 Å². The van der Waals surface area contributed by atoms with E-state index >= 15 is 0 Å². The zero-order valence-electron chi connectivity index (χ0n) is 12.5.